The molecule has 92 valence electrons. The van der Waals surface area contributed by atoms with Crippen LogP contribution in [0.2, 0.25) is 0 Å². The normalized spacial score (nSPS) is 10.1. The van der Waals surface area contributed by atoms with E-state index >= 15 is 0 Å². The molecule has 0 aliphatic carbocycles. The van der Waals surface area contributed by atoms with E-state index in [1.165, 1.54) is 19.4 Å². The molecule has 0 bridgehead atoms. The van der Waals surface area contributed by atoms with Crippen molar-refractivity contribution < 1.29 is 14.6 Å². The second kappa shape index (κ2) is 4.75. The Bertz CT molecular complexity index is 597. The lowest BCUT2D eigenvalue weighted by Gasteiger charge is -2.08. The Labute approximate surface area is 104 Å². The molecular formula is C13H12N2O3. The number of hydrogen-bond donors (Lipinski definition) is 2. The second-order valence-corrected chi connectivity index (χ2v) is 3.65. The molecular weight excluding hydrogens is 232 g/mol. The van der Waals surface area contributed by atoms with E-state index in [1.807, 2.05) is 0 Å². The van der Waals surface area contributed by atoms with Gasteiger partial charge in [-0.2, -0.15) is 0 Å². The standard InChI is InChI=1S/C13H12N2O3/c1-18-8-4-5-9(11(16)7-8)12-10(13(14)17)3-2-6-15-12/h2-7,16H,1H3,(H2,14,17). The van der Waals surface area contributed by atoms with Gasteiger partial charge in [0.05, 0.1) is 18.4 Å². The lowest BCUT2D eigenvalue weighted by Crippen LogP contribution is -2.13. The van der Waals surface area contributed by atoms with Crippen LogP contribution in [0.15, 0.2) is 36.5 Å². The van der Waals surface area contributed by atoms with Crippen LogP contribution in [0.4, 0.5) is 0 Å². The number of nitrogens with zero attached hydrogens (tertiary/aromatic N) is 1. The van der Waals surface area contributed by atoms with Crippen molar-refractivity contribution in [2.24, 2.45) is 5.73 Å². The number of rotatable bonds is 3. The zero-order valence-corrected chi connectivity index (χ0v) is 9.75. The van der Waals surface area contributed by atoms with E-state index in [-0.39, 0.29) is 11.3 Å². The van der Waals surface area contributed by atoms with Gasteiger partial charge in [-0.3, -0.25) is 9.78 Å². The Hall–Kier alpha value is -2.56. The minimum atomic E-state index is -0.590. The first-order valence-electron chi connectivity index (χ1n) is 5.25. The number of carbonyl (C=O) groups is 1. The lowest BCUT2D eigenvalue weighted by molar-refractivity contribution is 0.100. The van der Waals surface area contributed by atoms with Crippen LogP contribution in [-0.4, -0.2) is 23.1 Å². The number of ether oxygens (including phenoxy) is 1. The number of methoxy groups -OCH3 is 1. The van der Waals surface area contributed by atoms with Crippen molar-refractivity contribution in [3.8, 4) is 22.8 Å². The number of pyridine rings is 1. The molecule has 18 heavy (non-hydrogen) atoms. The lowest BCUT2D eigenvalue weighted by atomic mass is 10.0. The number of phenols is 1. The van der Waals surface area contributed by atoms with Crippen molar-refractivity contribution in [1.82, 2.24) is 4.98 Å². The highest BCUT2D eigenvalue weighted by molar-refractivity contribution is 5.99. The Morgan fingerprint density at radius 3 is 2.78 bits per heavy atom. The van der Waals surface area contributed by atoms with Crippen molar-refractivity contribution in [1.29, 1.82) is 0 Å². The summed E-state index contributed by atoms with van der Waals surface area (Å²) >= 11 is 0. The summed E-state index contributed by atoms with van der Waals surface area (Å²) in [6.07, 6.45) is 1.53. The number of phenolic OH excluding ortho intramolecular Hbond substituents is 1. The SMILES string of the molecule is COc1ccc(-c2ncccc2C(N)=O)c(O)c1. The second-order valence-electron chi connectivity index (χ2n) is 3.65. The highest BCUT2D eigenvalue weighted by Crippen LogP contribution is 2.32. The predicted molar refractivity (Wildman–Crippen MR) is 66.4 cm³/mol. The molecule has 0 fully saturated rings. The molecule has 0 aliphatic rings. The number of aromatic hydroxyl groups is 1. The molecule has 0 radical (unpaired) electrons. The van der Waals surface area contributed by atoms with E-state index in [0.29, 0.717) is 17.0 Å². The Kier molecular flexibility index (Phi) is 3.14. The number of carbonyl (C=O) groups excluding carboxylic acids is 1. The number of aromatic nitrogens is 1. The third-order valence-electron chi connectivity index (χ3n) is 2.53. The van der Waals surface area contributed by atoms with Gasteiger partial charge in [0.1, 0.15) is 11.5 Å². The monoisotopic (exact) mass is 244 g/mol. The van der Waals surface area contributed by atoms with E-state index in [9.17, 15) is 9.90 Å². The summed E-state index contributed by atoms with van der Waals surface area (Å²) in [6, 6.07) is 7.94. The van der Waals surface area contributed by atoms with Crippen LogP contribution in [0.25, 0.3) is 11.3 Å². The Morgan fingerprint density at radius 1 is 1.39 bits per heavy atom. The highest BCUT2D eigenvalue weighted by atomic mass is 16.5. The first-order valence-corrected chi connectivity index (χ1v) is 5.25. The molecule has 0 aliphatic heterocycles. The van der Waals surface area contributed by atoms with Gasteiger partial charge in [-0.1, -0.05) is 0 Å². The molecule has 5 heteroatoms. The van der Waals surface area contributed by atoms with Crippen LogP contribution in [0.5, 0.6) is 11.5 Å². The molecule has 2 aromatic rings. The molecule has 1 heterocycles. The molecule has 0 saturated heterocycles. The first-order chi connectivity index (χ1) is 8.63. The van der Waals surface area contributed by atoms with Crippen molar-refractivity contribution >= 4 is 5.91 Å². The van der Waals surface area contributed by atoms with E-state index < -0.39 is 5.91 Å². The van der Waals surface area contributed by atoms with Gasteiger partial charge in [-0.25, -0.2) is 0 Å². The zero-order valence-electron chi connectivity index (χ0n) is 9.75. The summed E-state index contributed by atoms with van der Waals surface area (Å²) in [7, 11) is 1.50. The molecule has 2 rings (SSSR count). The summed E-state index contributed by atoms with van der Waals surface area (Å²) in [5, 5.41) is 9.91. The van der Waals surface area contributed by atoms with Gasteiger partial charge in [0.2, 0.25) is 0 Å². The third kappa shape index (κ3) is 2.10. The van der Waals surface area contributed by atoms with E-state index in [1.54, 1.807) is 24.3 Å². The van der Waals surface area contributed by atoms with Gasteiger partial charge in [-0.05, 0) is 24.3 Å². The van der Waals surface area contributed by atoms with E-state index in [0.717, 1.165) is 0 Å². The predicted octanol–water partition coefficient (Wildman–Crippen LogP) is 1.56. The quantitative estimate of drug-likeness (QED) is 0.858. The maximum Gasteiger partial charge on any atom is 0.250 e. The Morgan fingerprint density at radius 2 is 2.17 bits per heavy atom. The largest absolute Gasteiger partial charge is 0.507 e. The number of nitrogens with two attached hydrogens (primary N) is 1. The average molecular weight is 244 g/mol. The third-order valence-corrected chi connectivity index (χ3v) is 2.53. The number of hydrogen-bond acceptors (Lipinski definition) is 4. The fourth-order valence-electron chi connectivity index (χ4n) is 1.66. The summed E-state index contributed by atoms with van der Waals surface area (Å²) in [4.78, 5) is 15.4. The van der Waals surface area contributed by atoms with Gasteiger partial charge in [0.25, 0.3) is 5.91 Å². The molecule has 1 aromatic heterocycles. The van der Waals surface area contributed by atoms with Crippen LogP contribution in [0.1, 0.15) is 10.4 Å². The van der Waals surface area contributed by atoms with Gasteiger partial charge in [0, 0.05) is 17.8 Å². The topological polar surface area (TPSA) is 85.4 Å². The van der Waals surface area contributed by atoms with Crippen LogP contribution < -0.4 is 10.5 Å². The molecule has 1 aromatic carbocycles. The van der Waals surface area contributed by atoms with Gasteiger partial charge in [-0.15, -0.1) is 0 Å². The molecule has 0 spiro atoms. The molecule has 0 saturated carbocycles. The average Bonchev–Trinajstić information content (AvgIpc) is 2.38. The van der Waals surface area contributed by atoms with Crippen LogP contribution in [-0.2, 0) is 0 Å². The number of primary amides is 1. The van der Waals surface area contributed by atoms with Crippen molar-refractivity contribution in [2.75, 3.05) is 7.11 Å². The smallest absolute Gasteiger partial charge is 0.250 e. The fourth-order valence-corrected chi connectivity index (χ4v) is 1.66. The van der Waals surface area contributed by atoms with E-state index in [4.69, 9.17) is 10.5 Å². The number of amides is 1. The molecule has 5 nitrogen and oxygen atoms in total. The summed E-state index contributed by atoms with van der Waals surface area (Å²) in [6.45, 7) is 0. The van der Waals surface area contributed by atoms with Crippen LogP contribution >= 0.6 is 0 Å². The minimum Gasteiger partial charge on any atom is -0.507 e. The molecule has 0 atom stereocenters. The van der Waals surface area contributed by atoms with Crippen LogP contribution in [0.3, 0.4) is 0 Å². The van der Waals surface area contributed by atoms with E-state index in [2.05, 4.69) is 4.98 Å². The highest BCUT2D eigenvalue weighted by Gasteiger charge is 2.14. The maximum absolute atomic E-state index is 11.3. The van der Waals surface area contributed by atoms with Crippen molar-refractivity contribution in [3.05, 3.63) is 42.1 Å². The van der Waals surface area contributed by atoms with Gasteiger partial charge >= 0.3 is 0 Å². The van der Waals surface area contributed by atoms with Gasteiger partial charge in [0.15, 0.2) is 0 Å². The molecule has 0 unspecified atom stereocenters. The summed E-state index contributed by atoms with van der Waals surface area (Å²) in [5.74, 6) is -0.0864. The maximum atomic E-state index is 11.3. The summed E-state index contributed by atoms with van der Waals surface area (Å²) in [5.41, 5.74) is 6.32. The summed E-state index contributed by atoms with van der Waals surface area (Å²) < 4.78 is 4.99. The van der Waals surface area contributed by atoms with Crippen molar-refractivity contribution in [2.45, 2.75) is 0 Å². The van der Waals surface area contributed by atoms with Crippen LogP contribution in [0, 0.1) is 0 Å². The number of benzene rings is 1. The van der Waals surface area contributed by atoms with Gasteiger partial charge < -0.3 is 15.6 Å². The zero-order chi connectivity index (χ0) is 13.1. The first kappa shape index (κ1) is 11.9. The molecule has 3 N–H and O–H groups in total. The fraction of sp³-hybridized carbons (Fsp3) is 0.0769. The Balaban J connectivity index is 2.59. The minimum absolute atomic E-state index is 0.0180. The van der Waals surface area contributed by atoms with Crippen molar-refractivity contribution in [3.63, 3.8) is 0 Å². The molecule has 1 amide bonds.